The van der Waals surface area contributed by atoms with Gasteiger partial charge in [0.2, 0.25) is 5.91 Å². The zero-order chi connectivity index (χ0) is 19.2. The van der Waals surface area contributed by atoms with E-state index < -0.39 is 0 Å². The molecule has 6 nitrogen and oxygen atoms in total. The summed E-state index contributed by atoms with van der Waals surface area (Å²) in [6, 6.07) is 7.55. The Bertz CT molecular complexity index is 758. The summed E-state index contributed by atoms with van der Waals surface area (Å²) in [4.78, 5) is 12.1. The van der Waals surface area contributed by atoms with Gasteiger partial charge in [-0.25, -0.2) is 0 Å². The molecule has 1 fully saturated rings. The maximum absolute atomic E-state index is 12.1. The highest BCUT2D eigenvalue weighted by Gasteiger charge is 2.22. The summed E-state index contributed by atoms with van der Waals surface area (Å²) in [5, 5.41) is 13.0. The van der Waals surface area contributed by atoms with Crippen molar-refractivity contribution in [2.24, 2.45) is 5.92 Å². The molecule has 2 heterocycles. The second-order valence-corrected chi connectivity index (χ2v) is 8.42. The second kappa shape index (κ2) is 9.57. The van der Waals surface area contributed by atoms with Crippen molar-refractivity contribution in [1.82, 2.24) is 20.1 Å². The molecule has 3 rings (SSSR count). The lowest BCUT2D eigenvalue weighted by Crippen LogP contribution is -2.29. The molecule has 1 amide bonds. The first-order valence-corrected chi connectivity index (χ1v) is 10.6. The molecular weight excluding hydrogens is 384 g/mol. The molecule has 0 saturated carbocycles. The van der Waals surface area contributed by atoms with Gasteiger partial charge in [0.1, 0.15) is 0 Å². The summed E-state index contributed by atoms with van der Waals surface area (Å²) in [6.07, 6.45) is 2.25. The number of carbonyl (C=O) groups is 1. The van der Waals surface area contributed by atoms with E-state index in [2.05, 4.69) is 33.9 Å². The highest BCUT2D eigenvalue weighted by Crippen LogP contribution is 2.27. The van der Waals surface area contributed by atoms with Gasteiger partial charge in [0.25, 0.3) is 0 Å². The molecule has 1 aliphatic heterocycles. The third-order valence-corrected chi connectivity index (χ3v) is 5.49. The average Bonchev–Trinajstić information content (AvgIpc) is 3.29. The van der Waals surface area contributed by atoms with Crippen LogP contribution in [0.3, 0.4) is 0 Å². The predicted octanol–water partition coefficient (Wildman–Crippen LogP) is 3.64. The molecule has 27 heavy (non-hydrogen) atoms. The maximum Gasteiger partial charge on any atom is 0.230 e. The van der Waals surface area contributed by atoms with E-state index in [0.29, 0.717) is 29.8 Å². The number of thioether (sulfide) groups is 1. The van der Waals surface area contributed by atoms with Crippen LogP contribution in [0.4, 0.5) is 0 Å². The molecule has 1 aromatic heterocycles. The van der Waals surface area contributed by atoms with Crippen molar-refractivity contribution in [3.8, 4) is 11.4 Å². The minimum Gasteiger partial charge on any atom is -0.376 e. The number of rotatable bonds is 8. The topological polar surface area (TPSA) is 69.0 Å². The zero-order valence-corrected chi connectivity index (χ0v) is 17.2. The van der Waals surface area contributed by atoms with Gasteiger partial charge in [0, 0.05) is 23.7 Å². The third-order valence-electron chi connectivity index (χ3n) is 4.27. The Morgan fingerprint density at radius 1 is 1.37 bits per heavy atom. The number of nitrogens with zero attached hydrogens (tertiary/aromatic N) is 3. The Hall–Kier alpha value is -1.57. The normalized spacial score (nSPS) is 16.8. The number of aromatic nitrogens is 3. The Morgan fingerprint density at radius 3 is 2.81 bits per heavy atom. The Balaban J connectivity index is 1.76. The van der Waals surface area contributed by atoms with Crippen LogP contribution in [-0.2, 0) is 16.1 Å². The highest BCUT2D eigenvalue weighted by atomic mass is 35.5. The molecule has 1 atom stereocenters. The van der Waals surface area contributed by atoms with Crippen molar-refractivity contribution < 1.29 is 9.53 Å². The molecule has 0 aliphatic carbocycles. The number of ether oxygens (including phenoxy) is 1. The third kappa shape index (κ3) is 5.70. The lowest BCUT2D eigenvalue weighted by Gasteiger charge is -2.15. The van der Waals surface area contributed by atoms with Gasteiger partial charge >= 0.3 is 0 Å². The lowest BCUT2D eigenvalue weighted by atomic mass is 10.2. The molecule has 1 saturated heterocycles. The van der Waals surface area contributed by atoms with Crippen LogP contribution >= 0.6 is 23.4 Å². The van der Waals surface area contributed by atoms with Crippen molar-refractivity contribution in [2.45, 2.75) is 44.5 Å². The number of hydrogen-bond donors (Lipinski definition) is 1. The molecule has 0 spiro atoms. The SMILES string of the molecule is CC(C)CNC(=O)CSc1nnc(-c2ccc(Cl)cc2)n1C[C@H]1CCCO1. The van der Waals surface area contributed by atoms with Crippen LogP contribution in [0.15, 0.2) is 29.4 Å². The summed E-state index contributed by atoms with van der Waals surface area (Å²) < 4.78 is 7.85. The Labute approximate surface area is 169 Å². The number of benzene rings is 1. The first-order valence-electron chi connectivity index (χ1n) is 9.23. The lowest BCUT2D eigenvalue weighted by molar-refractivity contribution is -0.118. The van der Waals surface area contributed by atoms with Gasteiger partial charge in [-0.05, 0) is 43.0 Å². The highest BCUT2D eigenvalue weighted by molar-refractivity contribution is 7.99. The Kier molecular flexibility index (Phi) is 7.15. The van der Waals surface area contributed by atoms with Crippen LogP contribution in [0, 0.1) is 5.92 Å². The molecule has 8 heteroatoms. The summed E-state index contributed by atoms with van der Waals surface area (Å²) in [5.41, 5.74) is 0.945. The van der Waals surface area contributed by atoms with E-state index in [0.717, 1.165) is 36.0 Å². The van der Waals surface area contributed by atoms with Gasteiger partial charge in [0.05, 0.1) is 18.4 Å². The van der Waals surface area contributed by atoms with Crippen molar-refractivity contribution in [3.05, 3.63) is 29.3 Å². The van der Waals surface area contributed by atoms with E-state index >= 15 is 0 Å². The smallest absolute Gasteiger partial charge is 0.230 e. The van der Waals surface area contributed by atoms with Crippen molar-refractivity contribution >= 4 is 29.3 Å². The van der Waals surface area contributed by atoms with E-state index in [1.807, 2.05) is 24.3 Å². The summed E-state index contributed by atoms with van der Waals surface area (Å²) >= 11 is 7.41. The van der Waals surface area contributed by atoms with Crippen molar-refractivity contribution in [3.63, 3.8) is 0 Å². The van der Waals surface area contributed by atoms with E-state index in [4.69, 9.17) is 16.3 Å². The van der Waals surface area contributed by atoms with Crippen LogP contribution in [0.25, 0.3) is 11.4 Å². The minimum absolute atomic E-state index is 0.00779. The van der Waals surface area contributed by atoms with E-state index in [9.17, 15) is 4.79 Å². The van der Waals surface area contributed by atoms with E-state index in [-0.39, 0.29) is 12.0 Å². The maximum atomic E-state index is 12.1. The van der Waals surface area contributed by atoms with Crippen LogP contribution < -0.4 is 5.32 Å². The quantitative estimate of drug-likeness (QED) is 0.675. The van der Waals surface area contributed by atoms with Crippen LogP contribution in [0.1, 0.15) is 26.7 Å². The molecule has 0 radical (unpaired) electrons. The van der Waals surface area contributed by atoms with Crippen molar-refractivity contribution in [2.75, 3.05) is 18.9 Å². The molecule has 1 N–H and O–H groups in total. The standard InChI is InChI=1S/C19H25ClN4O2S/c1-13(2)10-21-17(25)12-27-19-23-22-18(14-5-7-15(20)8-6-14)24(19)11-16-4-3-9-26-16/h5-8,13,16H,3-4,9-12H2,1-2H3,(H,21,25)/t16-/m1/s1. The number of halogens is 1. The first kappa shape index (κ1) is 20.2. The molecule has 146 valence electrons. The zero-order valence-electron chi connectivity index (χ0n) is 15.7. The first-order chi connectivity index (χ1) is 13.0. The molecule has 0 unspecified atom stereocenters. The summed E-state index contributed by atoms with van der Waals surface area (Å²) in [5.74, 6) is 1.52. The average molecular weight is 409 g/mol. The minimum atomic E-state index is 0.00779. The van der Waals surface area contributed by atoms with Gasteiger partial charge in [0.15, 0.2) is 11.0 Å². The van der Waals surface area contributed by atoms with Crippen LogP contribution in [0.2, 0.25) is 5.02 Å². The van der Waals surface area contributed by atoms with Gasteiger partial charge in [-0.3, -0.25) is 9.36 Å². The molecule has 2 aromatic rings. The van der Waals surface area contributed by atoms with E-state index in [1.54, 1.807) is 0 Å². The molecule has 1 aliphatic rings. The van der Waals surface area contributed by atoms with Gasteiger partial charge in [-0.15, -0.1) is 10.2 Å². The van der Waals surface area contributed by atoms with E-state index in [1.165, 1.54) is 11.8 Å². The van der Waals surface area contributed by atoms with Gasteiger partial charge in [-0.1, -0.05) is 37.2 Å². The van der Waals surface area contributed by atoms with Gasteiger partial charge < -0.3 is 10.1 Å². The van der Waals surface area contributed by atoms with Crippen LogP contribution in [-0.4, -0.2) is 45.7 Å². The van der Waals surface area contributed by atoms with Gasteiger partial charge in [-0.2, -0.15) is 0 Å². The van der Waals surface area contributed by atoms with Crippen molar-refractivity contribution in [1.29, 1.82) is 0 Å². The monoisotopic (exact) mass is 408 g/mol. The number of hydrogen-bond acceptors (Lipinski definition) is 5. The molecule has 1 aromatic carbocycles. The fraction of sp³-hybridized carbons (Fsp3) is 0.526. The molecule has 0 bridgehead atoms. The summed E-state index contributed by atoms with van der Waals surface area (Å²) in [7, 11) is 0. The summed E-state index contributed by atoms with van der Waals surface area (Å²) in [6.45, 7) is 6.30. The molecular formula is C19H25ClN4O2S. The van der Waals surface area contributed by atoms with Crippen LogP contribution in [0.5, 0.6) is 0 Å². The largest absolute Gasteiger partial charge is 0.376 e. The predicted molar refractivity (Wildman–Crippen MR) is 108 cm³/mol. The number of nitrogens with one attached hydrogen (secondary N) is 1. The number of carbonyl (C=O) groups excluding carboxylic acids is 1. The fourth-order valence-electron chi connectivity index (χ4n) is 2.86. The fourth-order valence-corrected chi connectivity index (χ4v) is 3.77. The Morgan fingerprint density at radius 2 is 2.15 bits per heavy atom. The second-order valence-electron chi connectivity index (χ2n) is 7.05. The number of amides is 1.